The van der Waals surface area contributed by atoms with Gasteiger partial charge in [0.05, 0.1) is 6.54 Å². The van der Waals surface area contributed by atoms with Crippen LogP contribution in [0.3, 0.4) is 0 Å². The SMILES string of the molecule is CCNC(=O)CN(C)C(=O)c1cc(Br)cc(N)c1C. The van der Waals surface area contributed by atoms with Gasteiger partial charge in [-0.15, -0.1) is 0 Å². The second-order valence-electron chi connectivity index (χ2n) is 4.28. The van der Waals surface area contributed by atoms with Crippen molar-refractivity contribution in [3.05, 3.63) is 27.7 Å². The first kappa shape index (κ1) is 15.5. The van der Waals surface area contributed by atoms with E-state index in [2.05, 4.69) is 21.2 Å². The Hall–Kier alpha value is -1.56. The normalized spacial score (nSPS) is 10.1. The first-order valence-corrected chi connectivity index (χ1v) is 6.73. The van der Waals surface area contributed by atoms with Crippen LogP contribution in [0.25, 0.3) is 0 Å². The minimum absolute atomic E-state index is 0.0263. The van der Waals surface area contributed by atoms with E-state index in [-0.39, 0.29) is 18.4 Å². The molecule has 0 aliphatic heterocycles. The lowest BCUT2D eigenvalue weighted by atomic mass is 10.1. The summed E-state index contributed by atoms with van der Waals surface area (Å²) in [4.78, 5) is 25.1. The van der Waals surface area contributed by atoms with Crippen LogP contribution in [0.2, 0.25) is 0 Å². The maximum Gasteiger partial charge on any atom is 0.254 e. The number of anilines is 1. The molecule has 0 aromatic heterocycles. The quantitative estimate of drug-likeness (QED) is 0.824. The molecule has 104 valence electrons. The molecule has 0 saturated carbocycles. The van der Waals surface area contributed by atoms with Crippen molar-refractivity contribution in [1.82, 2.24) is 10.2 Å². The Morgan fingerprint density at radius 2 is 2.05 bits per heavy atom. The number of likely N-dealkylation sites (N-methyl/N-ethyl adjacent to an activating group) is 2. The minimum Gasteiger partial charge on any atom is -0.398 e. The molecule has 5 nitrogen and oxygen atoms in total. The molecule has 0 spiro atoms. The third kappa shape index (κ3) is 3.96. The number of carbonyl (C=O) groups excluding carboxylic acids is 2. The van der Waals surface area contributed by atoms with Crippen LogP contribution in [0.4, 0.5) is 5.69 Å². The topological polar surface area (TPSA) is 75.4 Å². The van der Waals surface area contributed by atoms with E-state index in [4.69, 9.17) is 5.73 Å². The van der Waals surface area contributed by atoms with Crippen molar-refractivity contribution in [1.29, 1.82) is 0 Å². The largest absolute Gasteiger partial charge is 0.398 e. The number of nitrogens with one attached hydrogen (secondary N) is 1. The van der Waals surface area contributed by atoms with Crippen LogP contribution < -0.4 is 11.1 Å². The maximum atomic E-state index is 12.3. The lowest BCUT2D eigenvalue weighted by molar-refractivity contribution is -0.121. The Bertz CT molecular complexity index is 503. The molecule has 3 N–H and O–H groups in total. The Labute approximate surface area is 121 Å². The van der Waals surface area contributed by atoms with Gasteiger partial charge in [0, 0.05) is 29.3 Å². The van der Waals surface area contributed by atoms with Crippen LogP contribution in [0, 0.1) is 6.92 Å². The van der Waals surface area contributed by atoms with Crippen LogP contribution >= 0.6 is 15.9 Å². The highest BCUT2D eigenvalue weighted by Gasteiger charge is 2.18. The highest BCUT2D eigenvalue weighted by Crippen LogP contribution is 2.23. The molecule has 0 heterocycles. The smallest absolute Gasteiger partial charge is 0.254 e. The van der Waals surface area contributed by atoms with Gasteiger partial charge in [-0.3, -0.25) is 9.59 Å². The molecule has 2 amide bonds. The van der Waals surface area contributed by atoms with Gasteiger partial charge in [0.25, 0.3) is 5.91 Å². The number of nitrogens with two attached hydrogens (primary N) is 1. The van der Waals surface area contributed by atoms with E-state index < -0.39 is 0 Å². The predicted molar refractivity (Wildman–Crippen MR) is 78.9 cm³/mol. The van der Waals surface area contributed by atoms with Gasteiger partial charge in [-0.2, -0.15) is 0 Å². The van der Waals surface area contributed by atoms with Crippen molar-refractivity contribution in [2.24, 2.45) is 0 Å². The zero-order chi connectivity index (χ0) is 14.6. The van der Waals surface area contributed by atoms with E-state index in [0.29, 0.717) is 17.8 Å². The molecule has 0 atom stereocenters. The van der Waals surface area contributed by atoms with Crippen molar-refractivity contribution in [2.75, 3.05) is 25.9 Å². The van der Waals surface area contributed by atoms with Crippen molar-refractivity contribution in [3.8, 4) is 0 Å². The van der Waals surface area contributed by atoms with E-state index in [1.165, 1.54) is 4.90 Å². The molecule has 0 radical (unpaired) electrons. The Morgan fingerprint density at radius 3 is 2.63 bits per heavy atom. The molecule has 19 heavy (non-hydrogen) atoms. The van der Waals surface area contributed by atoms with Gasteiger partial charge in [-0.1, -0.05) is 15.9 Å². The van der Waals surface area contributed by atoms with Crippen LogP contribution in [0.5, 0.6) is 0 Å². The molecule has 1 aromatic carbocycles. The van der Waals surface area contributed by atoms with Crippen molar-refractivity contribution in [2.45, 2.75) is 13.8 Å². The molecule has 0 aliphatic rings. The monoisotopic (exact) mass is 327 g/mol. The average molecular weight is 328 g/mol. The van der Waals surface area contributed by atoms with E-state index in [1.54, 1.807) is 26.1 Å². The van der Waals surface area contributed by atoms with Crippen LogP contribution in [-0.4, -0.2) is 36.9 Å². The van der Waals surface area contributed by atoms with Crippen molar-refractivity contribution < 1.29 is 9.59 Å². The molecule has 0 bridgehead atoms. The minimum atomic E-state index is -0.225. The average Bonchev–Trinajstić information content (AvgIpc) is 2.33. The lowest BCUT2D eigenvalue weighted by Crippen LogP contribution is -2.38. The van der Waals surface area contributed by atoms with Crippen molar-refractivity contribution >= 4 is 33.4 Å². The fraction of sp³-hybridized carbons (Fsp3) is 0.385. The van der Waals surface area contributed by atoms with E-state index >= 15 is 0 Å². The molecule has 1 rings (SSSR count). The number of rotatable bonds is 4. The first-order valence-electron chi connectivity index (χ1n) is 5.94. The highest BCUT2D eigenvalue weighted by atomic mass is 79.9. The third-order valence-corrected chi connectivity index (χ3v) is 3.20. The number of amides is 2. The van der Waals surface area contributed by atoms with Gasteiger partial charge in [0.15, 0.2) is 0 Å². The van der Waals surface area contributed by atoms with E-state index in [9.17, 15) is 9.59 Å². The van der Waals surface area contributed by atoms with Gasteiger partial charge >= 0.3 is 0 Å². The zero-order valence-corrected chi connectivity index (χ0v) is 12.9. The number of halogens is 1. The summed E-state index contributed by atoms with van der Waals surface area (Å²) in [6.07, 6.45) is 0. The van der Waals surface area contributed by atoms with Gasteiger partial charge in [0.1, 0.15) is 0 Å². The number of carbonyl (C=O) groups is 2. The third-order valence-electron chi connectivity index (χ3n) is 2.74. The summed E-state index contributed by atoms with van der Waals surface area (Å²) < 4.78 is 0.741. The van der Waals surface area contributed by atoms with Gasteiger partial charge in [-0.25, -0.2) is 0 Å². The second kappa shape index (κ2) is 6.56. The summed E-state index contributed by atoms with van der Waals surface area (Å²) in [6, 6.07) is 3.46. The number of hydrogen-bond donors (Lipinski definition) is 2. The Morgan fingerprint density at radius 1 is 1.42 bits per heavy atom. The Kier molecular flexibility index (Phi) is 5.35. The highest BCUT2D eigenvalue weighted by molar-refractivity contribution is 9.10. The molecule has 0 unspecified atom stereocenters. The standard InChI is InChI=1S/C13H18BrN3O2/c1-4-16-12(18)7-17(3)13(19)10-5-9(14)6-11(15)8(10)2/h5-6H,4,7,15H2,1-3H3,(H,16,18). The van der Waals surface area contributed by atoms with Gasteiger partial charge in [-0.05, 0) is 31.5 Å². The summed E-state index contributed by atoms with van der Waals surface area (Å²) >= 11 is 3.31. The van der Waals surface area contributed by atoms with E-state index in [1.807, 2.05) is 6.92 Å². The van der Waals surface area contributed by atoms with Crippen molar-refractivity contribution in [3.63, 3.8) is 0 Å². The second-order valence-corrected chi connectivity index (χ2v) is 5.20. The molecule has 0 fully saturated rings. The number of benzene rings is 1. The summed E-state index contributed by atoms with van der Waals surface area (Å²) in [5.41, 5.74) is 7.59. The van der Waals surface area contributed by atoms with Gasteiger partial charge in [0.2, 0.25) is 5.91 Å². The summed E-state index contributed by atoms with van der Waals surface area (Å²) in [7, 11) is 1.59. The summed E-state index contributed by atoms with van der Waals surface area (Å²) in [5, 5.41) is 2.65. The van der Waals surface area contributed by atoms with E-state index in [0.717, 1.165) is 10.0 Å². The number of nitrogens with zero attached hydrogens (tertiary/aromatic N) is 1. The summed E-state index contributed by atoms with van der Waals surface area (Å²) in [6.45, 7) is 4.19. The maximum absolute atomic E-state index is 12.3. The molecular formula is C13H18BrN3O2. The molecule has 0 saturated heterocycles. The number of nitrogen functional groups attached to an aromatic ring is 1. The number of hydrogen-bond acceptors (Lipinski definition) is 3. The lowest BCUT2D eigenvalue weighted by Gasteiger charge is -2.18. The first-order chi connectivity index (χ1) is 8.86. The fourth-order valence-corrected chi connectivity index (χ4v) is 2.14. The molecule has 0 aliphatic carbocycles. The molecule has 1 aromatic rings. The van der Waals surface area contributed by atoms with Crippen LogP contribution in [-0.2, 0) is 4.79 Å². The molecular weight excluding hydrogens is 310 g/mol. The van der Waals surface area contributed by atoms with Gasteiger partial charge < -0.3 is 16.0 Å². The summed E-state index contributed by atoms with van der Waals surface area (Å²) in [5.74, 6) is -0.407. The fourth-order valence-electron chi connectivity index (χ4n) is 1.67. The molecule has 6 heteroatoms. The zero-order valence-electron chi connectivity index (χ0n) is 11.3. The Balaban J connectivity index is 2.91. The van der Waals surface area contributed by atoms with Crippen LogP contribution in [0.15, 0.2) is 16.6 Å². The van der Waals surface area contributed by atoms with Crippen LogP contribution in [0.1, 0.15) is 22.8 Å². The predicted octanol–water partition coefficient (Wildman–Crippen LogP) is 1.55.